The number of rotatable bonds is 3. The molecule has 1 rings (SSSR count). The predicted molar refractivity (Wildman–Crippen MR) is 52.5 cm³/mol. The first kappa shape index (κ1) is 11.0. The Balaban J connectivity index is 2.35. The van der Waals surface area contributed by atoms with Crippen LogP contribution in [-0.2, 0) is 4.74 Å². The molecular formula is C10H21NO2. The van der Waals surface area contributed by atoms with E-state index in [4.69, 9.17) is 10.5 Å². The molecule has 0 aromatic heterocycles. The Morgan fingerprint density at radius 3 is 2.85 bits per heavy atom. The fourth-order valence-electron chi connectivity index (χ4n) is 1.84. The van der Waals surface area contributed by atoms with Crippen molar-refractivity contribution in [1.82, 2.24) is 0 Å². The Morgan fingerprint density at radius 1 is 1.62 bits per heavy atom. The highest BCUT2D eigenvalue weighted by molar-refractivity contribution is 4.88. The molecule has 0 aliphatic heterocycles. The van der Waals surface area contributed by atoms with E-state index in [1.54, 1.807) is 0 Å². The van der Waals surface area contributed by atoms with Crippen molar-refractivity contribution in [3.63, 3.8) is 0 Å². The van der Waals surface area contributed by atoms with E-state index in [1.165, 1.54) is 0 Å². The summed E-state index contributed by atoms with van der Waals surface area (Å²) in [5.41, 5.74) is 5.14. The minimum atomic E-state index is -0.665. The molecule has 13 heavy (non-hydrogen) atoms. The molecule has 0 heterocycles. The Kier molecular flexibility index (Phi) is 3.71. The molecule has 0 spiro atoms. The summed E-state index contributed by atoms with van der Waals surface area (Å²) in [4.78, 5) is 0. The largest absolute Gasteiger partial charge is 0.387 e. The lowest BCUT2D eigenvalue weighted by Gasteiger charge is -2.35. The van der Waals surface area contributed by atoms with Gasteiger partial charge in [-0.25, -0.2) is 0 Å². The van der Waals surface area contributed by atoms with Gasteiger partial charge in [-0.2, -0.15) is 0 Å². The molecule has 0 bridgehead atoms. The zero-order chi connectivity index (χ0) is 9.90. The molecule has 3 heteroatoms. The second-order valence-corrected chi connectivity index (χ2v) is 4.44. The lowest BCUT2D eigenvalue weighted by molar-refractivity contribution is -0.0866. The summed E-state index contributed by atoms with van der Waals surface area (Å²) in [7, 11) is 0. The van der Waals surface area contributed by atoms with Crippen molar-refractivity contribution in [2.75, 3.05) is 6.61 Å². The van der Waals surface area contributed by atoms with E-state index in [0.29, 0.717) is 13.0 Å². The van der Waals surface area contributed by atoms with Crippen LogP contribution in [0.15, 0.2) is 0 Å². The minimum absolute atomic E-state index is 0.148. The topological polar surface area (TPSA) is 55.5 Å². The highest BCUT2D eigenvalue weighted by atomic mass is 16.5. The van der Waals surface area contributed by atoms with Crippen LogP contribution >= 0.6 is 0 Å². The molecule has 3 N–H and O–H groups in total. The van der Waals surface area contributed by atoms with Crippen molar-refractivity contribution in [3.8, 4) is 0 Å². The van der Waals surface area contributed by atoms with Crippen molar-refractivity contribution in [2.24, 2.45) is 5.73 Å². The normalized spacial score (nSPS) is 35.3. The zero-order valence-electron chi connectivity index (χ0n) is 8.62. The number of aliphatic hydroxyl groups is 1. The third kappa shape index (κ3) is 3.63. The summed E-state index contributed by atoms with van der Waals surface area (Å²) in [6.07, 6.45) is 3.73. The first-order valence-corrected chi connectivity index (χ1v) is 5.11. The smallest absolute Gasteiger partial charge is 0.0895 e. The van der Waals surface area contributed by atoms with Crippen LogP contribution in [0.2, 0.25) is 0 Å². The lowest BCUT2D eigenvalue weighted by Crippen LogP contribution is -2.44. The van der Waals surface area contributed by atoms with Crippen molar-refractivity contribution in [3.05, 3.63) is 0 Å². The standard InChI is InChI=1S/C10H21NO2/c1-8(2)13-7-10(12)5-3-4-9(11)6-10/h8-9,12H,3-7,11H2,1-2H3. The number of hydrogen-bond acceptors (Lipinski definition) is 3. The van der Waals surface area contributed by atoms with Crippen molar-refractivity contribution in [1.29, 1.82) is 0 Å². The third-order valence-electron chi connectivity index (χ3n) is 2.54. The molecule has 0 aromatic rings. The summed E-state index contributed by atoms with van der Waals surface area (Å²) in [6.45, 7) is 4.39. The van der Waals surface area contributed by atoms with Crippen LogP contribution in [0, 0.1) is 0 Å². The van der Waals surface area contributed by atoms with E-state index in [0.717, 1.165) is 19.3 Å². The maximum atomic E-state index is 10.1. The molecule has 2 unspecified atom stereocenters. The van der Waals surface area contributed by atoms with Gasteiger partial charge in [0.05, 0.1) is 18.3 Å². The van der Waals surface area contributed by atoms with E-state index < -0.39 is 5.60 Å². The zero-order valence-corrected chi connectivity index (χ0v) is 8.62. The molecule has 0 amide bonds. The molecule has 3 nitrogen and oxygen atoms in total. The van der Waals surface area contributed by atoms with Gasteiger partial charge in [0, 0.05) is 6.04 Å². The monoisotopic (exact) mass is 187 g/mol. The fourth-order valence-corrected chi connectivity index (χ4v) is 1.84. The first-order valence-electron chi connectivity index (χ1n) is 5.11. The maximum absolute atomic E-state index is 10.1. The van der Waals surface area contributed by atoms with Gasteiger partial charge in [-0.3, -0.25) is 0 Å². The molecule has 0 saturated heterocycles. The number of hydrogen-bond donors (Lipinski definition) is 2. The Labute approximate surface area is 80.3 Å². The molecule has 0 radical (unpaired) electrons. The minimum Gasteiger partial charge on any atom is -0.387 e. The molecule has 0 aromatic carbocycles. The van der Waals surface area contributed by atoms with Gasteiger partial charge in [-0.15, -0.1) is 0 Å². The van der Waals surface area contributed by atoms with E-state index in [-0.39, 0.29) is 12.1 Å². The van der Waals surface area contributed by atoms with Crippen molar-refractivity contribution < 1.29 is 9.84 Å². The van der Waals surface area contributed by atoms with E-state index in [2.05, 4.69) is 0 Å². The molecule has 1 saturated carbocycles. The first-order chi connectivity index (χ1) is 6.02. The average molecular weight is 187 g/mol. The van der Waals surface area contributed by atoms with Crippen LogP contribution in [0.5, 0.6) is 0 Å². The third-order valence-corrected chi connectivity index (χ3v) is 2.54. The summed E-state index contributed by atoms with van der Waals surface area (Å²) in [5, 5.41) is 10.1. The van der Waals surface area contributed by atoms with Crippen LogP contribution in [0.1, 0.15) is 39.5 Å². The molecule has 78 valence electrons. The Hall–Kier alpha value is -0.120. The van der Waals surface area contributed by atoms with Crippen molar-refractivity contribution in [2.45, 2.75) is 57.3 Å². The highest BCUT2D eigenvalue weighted by Crippen LogP contribution is 2.27. The number of ether oxygens (including phenoxy) is 1. The molecular weight excluding hydrogens is 166 g/mol. The van der Waals surface area contributed by atoms with Gasteiger partial charge in [-0.1, -0.05) is 0 Å². The summed E-state index contributed by atoms with van der Waals surface area (Å²) in [5.74, 6) is 0. The summed E-state index contributed by atoms with van der Waals surface area (Å²) < 4.78 is 5.43. The second kappa shape index (κ2) is 4.40. The predicted octanol–water partition coefficient (Wildman–Crippen LogP) is 1.04. The van der Waals surface area contributed by atoms with Gasteiger partial charge < -0.3 is 15.6 Å². The Morgan fingerprint density at radius 2 is 2.31 bits per heavy atom. The van der Waals surface area contributed by atoms with Gasteiger partial charge in [-0.05, 0) is 39.5 Å². The van der Waals surface area contributed by atoms with Crippen LogP contribution in [0.3, 0.4) is 0 Å². The van der Waals surface area contributed by atoms with E-state index in [9.17, 15) is 5.11 Å². The SMILES string of the molecule is CC(C)OCC1(O)CCCC(N)C1. The van der Waals surface area contributed by atoms with Gasteiger partial charge in [0.25, 0.3) is 0 Å². The summed E-state index contributed by atoms with van der Waals surface area (Å²) in [6, 6.07) is 0.148. The molecule has 1 aliphatic carbocycles. The molecule has 1 aliphatic rings. The fraction of sp³-hybridized carbons (Fsp3) is 1.00. The van der Waals surface area contributed by atoms with Crippen LogP contribution in [0.4, 0.5) is 0 Å². The lowest BCUT2D eigenvalue weighted by atomic mass is 9.83. The van der Waals surface area contributed by atoms with Crippen LogP contribution in [-0.4, -0.2) is 29.5 Å². The molecule has 2 atom stereocenters. The Bertz CT molecular complexity index is 161. The van der Waals surface area contributed by atoms with Crippen molar-refractivity contribution >= 4 is 0 Å². The number of nitrogens with two attached hydrogens (primary N) is 1. The second-order valence-electron chi connectivity index (χ2n) is 4.44. The average Bonchev–Trinajstić information content (AvgIpc) is 2.01. The van der Waals surface area contributed by atoms with Crippen LogP contribution < -0.4 is 5.73 Å². The quantitative estimate of drug-likeness (QED) is 0.694. The van der Waals surface area contributed by atoms with Gasteiger partial charge in [0.1, 0.15) is 0 Å². The van der Waals surface area contributed by atoms with Gasteiger partial charge in [0.15, 0.2) is 0 Å². The highest BCUT2D eigenvalue weighted by Gasteiger charge is 2.33. The molecule has 1 fully saturated rings. The van der Waals surface area contributed by atoms with E-state index in [1.807, 2.05) is 13.8 Å². The van der Waals surface area contributed by atoms with Crippen LogP contribution in [0.25, 0.3) is 0 Å². The van der Waals surface area contributed by atoms with E-state index >= 15 is 0 Å². The summed E-state index contributed by atoms with van der Waals surface area (Å²) >= 11 is 0. The maximum Gasteiger partial charge on any atom is 0.0895 e. The van der Waals surface area contributed by atoms with Gasteiger partial charge >= 0.3 is 0 Å². The van der Waals surface area contributed by atoms with Gasteiger partial charge in [0.2, 0.25) is 0 Å².